The van der Waals surface area contributed by atoms with Crippen LogP contribution in [0.25, 0.3) is 0 Å². The molecule has 0 atom stereocenters. The van der Waals surface area contributed by atoms with Crippen LogP contribution in [-0.2, 0) is 9.59 Å². The van der Waals surface area contributed by atoms with E-state index in [0.717, 1.165) is 10.6 Å². The van der Waals surface area contributed by atoms with Crippen LogP contribution < -0.4 is 15.4 Å². The minimum atomic E-state index is -0.773. The first-order valence-electron chi connectivity index (χ1n) is 6.20. The molecule has 7 heteroatoms. The molecule has 0 aliphatic rings. The van der Waals surface area contributed by atoms with Gasteiger partial charge in [0.25, 0.3) is 0 Å². The van der Waals surface area contributed by atoms with E-state index in [1.54, 1.807) is 24.3 Å². The Morgan fingerprint density at radius 1 is 1.14 bits per heavy atom. The second-order valence-corrected chi connectivity index (χ2v) is 5.47. The number of methoxy groups -OCH3 is 1. The predicted molar refractivity (Wildman–Crippen MR) is 81.8 cm³/mol. The zero-order valence-corrected chi connectivity index (χ0v) is 12.7. The van der Waals surface area contributed by atoms with E-state index in [9.17, 15) is 9.59 Å². The topological polar surface area (TPSA) is 80.3 Å². The molecule has 1 aromatic carbocycles. The molecule has 0 saturated heterocycles. The van der Waals surface area contributed by atoms with Gasteiger partial charge in [-0.25, -0.2) is 4.98 Å². The summed E-state index contributed by atoms with van der Waals surface area (Å²) in [5, 5.41) is 5.39. The molecule has 0 aliphatic carbocycles. The number of carbonyl (C=O) groups excluding carboxylic acids is 2. The first-order chi connectivity index (χ1) is 10.0. The van der Waals surface area contributed by atoms with Crippen molar-refractivity contribution in [3.63, 3.8) is 0 Å². The zero-order valence-electron chi connectivity index (χ0n) is 11.9. The Morgan fingerprint density at radius 3 is 2.43 bits per heavy atom. The molecule has 0 spiro atoms. The van der Waals surface area contributed by atoms with Gasteiger partial charge < -0.3 is 10.1 Å². The molecule has 0 bridgehead atoms. The fraction of sp³-hybridized carbons (Fsp3) is 0.214. The summed E-state index contributed by atoms with van der Waals surface area (Å²) in [6, 6.07) is 6.86. The number of amides is 2. The molecule has 0 unspecified atom stereocenters. The second kappa shape index (κ2) is 6.36. The van der Waals surface area contributed by atoms with Crippen molar-refractivity contribution in [3.05, 3.63) is 34.8 Å². The van der Waals surface area contributed by atoms with E-state index in [0.29, 0.717) is 16.6 Å². The average Bonchev–Trinajstić information content (AvgIpc) is 2.77. The number of rotatable bonds is 3. The van der Waals surface area contributed by atoms with E-state index < -0.39 is 11.8 Å². The van der Waals surface area contributed by atoms with Gasteiger partial charge in [-0.2, -0.15) is 0 Å². The van der Waals surface area contributed by atoms with Crippen LogP contribution in [0.3, 0.4) is 0 Å². The summed E-state index contributed by atoms with van der Waals surface area (Å²) in [5.41, 5.74) is 1.27. The lowest BCUT2D eigenvalue weighted by molar-refractivity contribution is -0.133. The van der Waals surface area contributed by atoms with E-state index in [1.807, 2.05) is 13.8 Å². The number of nitrogens with zero attached hydrogens (tertiary/aromatic N) is 1. The molecule has 1 aromatic heterocycles. The number of hydrogen-bond acceptors (Lipinski definition) is 5. The number of aryl methyl sites for hydroxylation is 2. The van der Waals surface area contributed by atoms with E-state index in [-0.39, 0.29) is 0 Å². The highest BCUT2D eigenvalue weighted by atomic mass is 32.1. The number of carbonyl (C=O) groups is 2. The Balaban J connectivity index is 2.04. The summed E-state index contributed by atoms with van der Waals surface area (Å²) >= 11 is 1.33. The van der Waals surface area contributed by atoms with Crippen LogP contribution in [0, 0.1) is 13.8 Å². The Kier molecular flexibility index (Phi) is 4.54. The van der Waals surface area contributed by atoms with Crippen molar-refractivity contribution < 1.29 is 14.3 Å². The molecule has 0 radical (unpaired) electrons. The third kappa shape index (κ3) is 3.57. The minimum absolute atomic E-state index is 0.408. The lowest BCUT2D eigenvalue weighted by Gasteiger charge is -2.09. The summed E-state index contributed by atoms with van der Waals surface area (Å²) in [6.45, 7) is 3.74. The van der Waals surface area contributed by atoms with Crippen molar-refractivity contribution in [2.75, 3.05) is 17.7 Å². The molecule has 2 aromatic rings. The maximum absolute atomic E-state index is 11.9. The van der Waals surface area contributed by atoms with Gasteiger partial charge in [-0.3, -0.25) is 14.9 Å². The number of benzene rings is 1. The molecule has 2 rings (SSSR count). The lowest BCUT2D eigenvalue weighted by atomic mass is 10.3. The van der Waals surface area contributed by atoms with Crippen LogP contribution in [-0.4, -0.2) is 23.9 Å². The Morgan fingerprint density at radius 2 is 1.81 bits per heavy atom. The first kappa shape index (κ1) is 15.0. The van der Waals surface area contributed by atoms with Gasteiger partial charge in [-0.1, -0.05) is 12.1 Å². The van der Waals surface area contributed by atoms with Gasteiger partial charge in [0.1, 0.15) is 5.75 Å². The van der Waals surface area contributed by atoms with E-state index in [4.69, 9.17) is 4.74 Å². The van der Waals surface area contributed by atoms with Crippen molar-refractivity contribution in [3.8, 4) is 5.75 Å². The molecule has 0 saturated carbocycles. The Labute approximate surface area is 126 Å². The molecular weight excluding hydrogens is 290 g/mol. The largest absolute Gasteiger partial charge is 0.495 e. The third-order valence-electron chi connectivity index (χ3n) is 2.81. The lowest BCUT2D eigenvalue weighted by Crippen LogP contribution is -2.29. The molecule has 6 nitrogen and oxygen atoms in total. The fourth-order valence-corrected chi connectivity index (χ4v) is 2.42. The Bertz CT molecular complexity index is 662. The molecular formula is C14H15N3O3S. The SMILES string of the molecule is COc1ccccc1NC(=O)C(=O)Nc1nc(C)c(C)s1. The quantitative estimate of drug-likeness (QED) is 0.853. The normalized spacial score (nSPS) is 10.0. The minimum Gasteiger partial charge on any atom is -0.495 e. The molecule has 1 heterocycles. The first-order valence-corrected chi connectivity index (χ1v) is 7.02. The number of thiazole rings is 1. The molecule has 21 heavy (non-hydrogen) atoms. The number of hydrogen-bond donors (Lipinski definition) is 2. The number of nitrogens with one attached hydrogen (secondary N) is 2. The number of anilines is 2. The second-order valence-electron chi connectivity index (χ2n) is 4.27. The van der Waals surface area contributed by atoms with Crippen molar-refractivity contribution in [1.29, 1.82) is 0 Å². The number of ether oxygens (including phenoxy) is 1. The average molecular weight is 305 g/mol. The standard InChI is InChI=1S/C14H15N3O3S/c1-8-9(2)21-14(15-8)17-13(19)12(18)16-10-6-4-5-7-11(10)20-3/h4-7H,1-3H3,(H,16,18)(H,15,17,19). The Hall–Kier alpha value is -2.41. The van der Waals surface area contributed by atoms with Crippen molar-refractivity contribution >= 4 is 34.0 Å². The summed E-state index contributed by atoms with van der Waals surface area (Å²) in [6.07, 6.45) is 0. The van der Waals surface area contributed by atoms with Crippen LogP contribution in [0.15, 0.2) is 24.3 Å². The maximum atomic E-state index is 11.9. The molecule has 2 N–H and O–H groups in total. The zero-order chi connectivity index (χ0) is 15.4. The summed E-state index contributed by atoms with van der Waals surface area (Å²) in [5.74, 6) is -1.06. The summed E-state index contributed by atoms with van der Waals surface area (Å²) in [4.78, 5) is 28.9. The predicted octanol–water partition coefficient (Wildman–Crippen LogP) is 2.35. The highest BCUT2D eigenvalue weighted by molar-refractivity contribution is 7.15. The van der Waals surface area contributed by atoms with Gasteiger partial charge in [0, 0.05) is 4.88 Å². The van der Waals surface area contributed by atoms with Gasteiger partial charge in [0.05, 0.1) is 18.5 Å². The van der Waals surface area contributed by atoms with Crippen molar-refractivity contribution in [1.82, 2.24) is 4.98 Å². The highest BCUT2D eigenvalue weighted by Crippen LogP contribution is 2.23. The van der Waals surface area contributed by atoms with Crippen molar-refractivity contribution in [2.24, 2.45) is 0 Å². The maximum Gasteiger partial charge on any atom is 0.315 e. The molecule has 2 amide bonds. The van der Waals surface area contributed by atoms with E-state index >= 15 is 0 Å². The smallest absolute Gasteiger partial charge is 0.315 e. The van der Waals surface area contributed by atoms with Gasteiger partial charge in [0.2, 0.25) is 0 Å². The van der Waals surface area contributed by atoms with Crippen LogP contribution >= 0.6 is 11.3 Å². The van der Waals surface area contributed by atoms with Crippen LogP contribution in [0.2, 0.25) is 0 Å². The third-order valence-corrected chi connectivity index (χ3v) is 3.80. The van der Waals surface area contributed by atoms with Gasteiger partial charge in [-0.05, 0) is 26.0 Å². The van der Waals surface area contributed by atoms with Gasteiger partial charge >= 0.3 is 11.8 Å². The summed E-state index contributed by atoms with van der Waals surface area (Å²) in [7, 11) is 1.49. The van der Waals surface area contributed by atoms with Crippen molar-refractivity contribution in [2.45, 2.75) is 13.8 Å². The van der Waals surface area contributed by atoms with Crippen LogP contribution in [0.5, 0.6) is 5.75 Å². The number of aromatic nitrogens is 1. The molecule has 110 valence electrons. The molecule has 0 fully saturated rings. The fourth-order valence-electron chi connectivity index (χ4n) is 1.61. The monoisotopic (exact) mass is 305 g/mol. The van der Waals surface area contributed by atoms with Crippen LogP contribution in [0.1, 0.15) is 10.6 Å². The van der Waals surface area contributed by atoms with E-state index in [1.165, 1.54) is 18.4 Å². The van der Waals surface area contributed by atoms with Gasteiger partial charge in [0.15, 0.2) is 5.13 Å². The van der Waals surface area contributed by atoms with Crippen LogP contribution in [0.4, 0.5) is 10.8 Å². The molecule has 0 aliphatic heterocycles. The van der Waals surface area contributed by atoms with E-state index in [2.05, 4.69) is 15.6 Å². The highest BCUT2D eigenvalue weighted by Gasteiger charge is 2.17. The summed E-state index contributed by atoms with van der Waals surface area (Å²) < 4.78 is 5.11. The van der Waals surface area contributed by atoms with Gasteiger partial charge in [-0.15, -0.1) is 11.3 Å². The number of para-hydroxylation sites is 2.